The Morgan fingerprint density at radius 3 is 2.56 bits per heavy atom. The predicted molar refractivity (Wildman–Crippen MR) is 69.7 cm³/mol. The highest BCUT2D eigenvalue weighted by atomic mass is 19.1. The summed E-state index contributed by atoms with van der Waals surface area (Å²) >= 11 is 0. The molecule has 3 heteroatoms. The molecule has 0 aliphatic rings. The average Bonchev–Trinajstić information content (AvgIpc) is 2.39. The number of benzene rings is 1. The molecule has 0 bridgehead atoms. The molecule has 2 heterocycles. The minimum absolute atomic E-state index is 0.461. The molecule has 0 saturated carbocycles. The lowest BCUT2D eigenvalue weighted by Crippen LogP contribution is -1.86. The SMILES string of the molecule is Cc1ccc2cc(-c3ccc(F)nc3)ccc2n1. The van der Waals surface area contributed by atoms with Crippen LogP contribution in [0.2, 0.25) is 0 Å². The summed E-state index contributed by atoms with van der Waals surface area (Å²) in [5.74, 6) is -0.461. The van der Waals surface area contributed by atoms with E-state index in [0.29, 0.717) is 0 Å². The molecular weight excluding hydrogens is 227 g/mol. The number of pyridine rings is 2. The monoisotopic (exact) mass is 238 g/mol. The standard InChI is InChI=1S/C15H11FN2/c1-10-2-3-12-8-11(4-6-14(12)18-10)13-5-7-15(16)17-9-13/h2-9H,1H3. The maximum Gasteiger partial charge on any atom is 0.212 e. The van der Waals surface area contributed by atoms with Crippen molar-refractivity contribution in [1.29, 1.82) is 0 Å². The molecule has 0 radical (unpaired) electrons. The Kier molecular flexibility index (Phi) is 2.52. The molecule has 0 aliphatic heterocycles. The van der Waals surface area contributed by atoms with Gasteiger partial charge in [0.05, 0.1) is 5.52 Å². The molecule has 88 valence electrons. The zero-order chi connectivity index (χ0) is 12.5. The van der Waals surface area contributed by atoms with E-state index >= 15 is 0 Å². The van der Waals surface area contributed by atoms with Gasteiger partial charge in [-0.15, -0.1) is 0 Å². The van der Waals surface area contributed by atoms with Gasteiger partial charge in [0.1, 0.15) is 0 Å². The van der Waals surface area contributed by atoms with E-state index in [4.69, 9.17) is 0 Å². The van der Waals surface area contributed by atoms with E-state index in [1.54, 1.807) is 6.07 Å². The van der Waals surface area contributed by atoms with E-state index < -0.39 is 5.95 Å². The van der Waals surface area contributed by atoms with Crippen LogP contribution in [0.25, 0.3) is 22.0 Å². The van der Waals surface area contributed by atoms with Crippen molar-refractivity contribution in [2.75, 3.05) is 0 Å². The molecule has 3 rings (SSSR count). The van der Waals surface area contributed by atoms with Crippen molar-refractivity contribution in [3.05, 3.63) is 60.3 Å². The quantitative estimate of drug-likeness (QED) is 0.603. The first-order valence-electron chi connectivity index (χ1n) is 5.72. The molecule has 0 N–H and O–H groups in total. The number of rotatable bonds is 1. The zero-order valence-electron chi connectivity index (χ0n) is 9.89. The Morgan fingerprint density at radius 1 is 0.944 bits per heavy atom. The lowest BCUT2D eigenvalue weighted by molar-refractivity contribution is 0.584. The summed E-state index contributed by atoms with van der Waals surface area (Å²) in [5.41, 5.74) is 3.88. The van der Waals surface area contributed by atoms with E-state index in [9.17, 15) is 4.39 Å². The second kappa shape index (κ2) is 4.18. The number of aryl methyl sites for hydroxylation is 1. The highest BCUT2D eigenvalue weighted by molar-refractivity contribution is 5.84. The number of hydrogen-bond donors (Lipinski definition) is 0. The molecule has 2 aromatic heterocycles. The van der Waals surface area contributed by atoms with Gasteiger partial charge in [-0.3, -0.25) is 4.98 Å². The van der Waals surface area contributed by atoms with Crippen LogP contribution in [-0.4, -0.2) is 9.97 Å². The number of fused-ring (bicyclic) bond motifs is 1. The van der Waals surface area contributed by atoms with Crippen molar-refractivity contribution < 1.29 is 4.39 Å². The van der Waals surface area contributed by atoms with Crippen LogP contribution >= 0.6 is 0 Å². The van der Waals surface area contributed by atoms with Gasteiger partial charge in [-0.25, -0.2) is 4.98 Å². The van der Waals surface area contributed by atoms with E-state index in [1.165, 1.54) is 12.3 Å². The van der Waals surface area contributed by atoms with Gasteiger partial charge in [0.2, 0.25) is 5.95 Å². The van der Waals surface area contributed by atoms with Crippen LogP contribution in [0.15, 0.2) is 48.7 Å². The molecule has 0 spiro atoms. The number of aromatic nitrogens is 2. The summed E-state index contributed by atoms with van der Waals surface area (Å²) in [6.07, 6.45) is 1.54. The fourth-order valence-electron chi connectivity index (χ4n) is 1.95. The van der Waals surface area contributed by atoms with Gasteiger partial charge in [-0.2, -0.15) is 4.39 Å². The molecule has 3 aromatic rings. The Labute approximate surface area is 104 Å². The molecule has 1 aromatic carbocycles. The minimum atomic E-state index is -0.461. The van der Waals surface area contributed by atoms with Crippen molar-refractivity contribution in [2.45, 2.75) is 6.92 Å². The summed E-state index contributed by atoms with van der Waals surface area (Å²) in [4.78, 5) is 8.12. The summed E-state index contributed by atoms with van der Waals surface area (Å²) in [5, 5.41) is 1.07. The lowest BCUT2D eigenvalue weighted by atomic mass is 10.0. The van der Waals surface area contributed by atoms with Gasteiger partial charge in [-0.05, 0) is 42.8 Å². The van der Waals surface area contributed by atoms with Crippen LogP contribution in [0.4, 0.5) is 4.39 Å². The van der Waals surface area contributed by atoms with E-state index in [2.05, 4.69) is 9.97 Å². The van der Waals surface area contributed by atoms with Gasteiger partial charge < -0.3 is 0 Å². The Balaban J connectivity index is 2.13. The molecule has 0 aliphatic carbocycles. The van der Waals surface area contributed by atoms with E-state index in [1.807, 2.05) is 37.3 Å². The zero-order valence-corrected chi connectivity index (χ0v) is 9.89. The van der Waals surface area contributed by atoms with Crippen LogP contribution in [-0.2, 0) is 0 Å². The molecule has 0 unspecified atom stereocenters. The summed E-state index contributed by atoms with van der Waals surface area (Å²) < 4.78 is 12.8. The third-order valence-corrected chi connectivity index (χ3v) is 2.89. The van der Waals surface area contributed by atoms with Gasteiger partial charge >= 0.3 is 0 Å². The first-order chi connectivity index (χ1) is 8.72. The third kappa shape index (κ3) is 1.95. The molecule has 0 fully saturated rings. The highest BCUT2D eigenvalue weighted by Gasteiger charge is 2.01. The van der Waals surface area contributed by atoms with Crippen molar-refractivity contribution >= 4 is 10.9 Å². The second-order valence-corrected chi connectivity index (χ2v) is 4.23. The maximum atomic E-state index is 12.8. The van der Waals surface area contributed by atoms with Crippen LogP contribution < -0.4 is 0 Å². The van der Waals surface area contributed by atoms with Crippen LogP contribution in [0.1, 0.15) is 5.69 Å². The van der Waals surface area contributed by atoms with Gasteiger partial charge in [-0.1, -0.05) is 12.1 Å². The first-order valence-corrected chi connectivity index (χ1v) is 5.72. The summed E-state index contributed by atoms with van der Waals surface area (Å²) in [7, 11) is 0. The third-order valence-electron chi connectivity index (χ3n) is 2.89. The first kappa shape index (κ1) is 10.8. The van der Waals surface area contributed by atoms with Crippen molar-refractivity contribution in [2.24, 2.45) is 0 Å². The molecule has 0 atom stereocenters. The average molecular weight is 238 g/mol. The van der Waals surface area contributed by atoms with Crippen LogP contribution in [0, 0.1) is 12.9 Å². The highest BCUT2D eigenvalue weighted by Crippen LogP contribution is 2.23. The number of halogens is 1. The van der Waals surface area contributed by atoms with Crippen molar-refractivity contribution in [1.82, 2.24) is 9.97 Å². The summed E-state index contributed by atoms with van der Waals surface area (Å²) in [6.45, 7) is 1.97. The Morgan fingerprint density at radius 2 is 1.78 bits per heavy atom. The molecule has 0 saturated heterocycles. The fraction of sp³-hybridized carbons (Fsp3) is 0.0667. The minimum Gasteiger partial charge on any atom is -0.253 e. The van der Waals surface area contributed by atoms with E-state index in [0.717, 1.165) is 27.7 Å². The molecule has 0 amide bonds. The topological polar surface area (TPSA) is 25.8 Å². The largest absolute Gasteiger partial charge is 0.253 e. The van der Waals surface area contributed by atoms with Crippen LogP contribution in [0.3, 0.4) is 0 Å². The second-order valence-electron chi connectivity index (χ2n) is 4.23. The fourth-order valence-corrected chi connectivity index (χ4v) is 1.95. The Hall–Kier alpha value is -2.29. The number of nitrogens with zero attached hydrogens (tertiary/aromatic N) is 2. The normalized spacial score (nSPS) is 10.8. The van der Waals surface area contributed by atoms with E-state index in [-0.39, 0.29) is 0 Å². The number of hydrogen-bond acceptors (Lipinski definition) is 2. The Bertz CT molecular complexity index is 705. The van der Waals surface area contributed by atoms with Gasteiger partial charge in [0.25, 0.3) is 0 Å². The summed E-state index contributed by atoms with van der Waals surface area (Å²) in [6, 6.07) is 13.1. The smallest absolute Gasteiger partial charge is 0.212 e. The van der Waals surface area contributed by atoms with Crippen molar-refractivity contribution in [3.8, 4) is 11.1 Å². The van der Waals surface area contributed by atoms with Gasteiger partial charge in [0.15, 0.2) is 0 Å². The lowest BCUT2D eigenvalue weighted by Gasteiger charge is -2.04. The predicted octanol–water partition coefficient (Wildman–Crippen LogP) is 3.74. The molecule has 18 heavy (non-hydrogen) atoms. The van der Waals surface area contributed by atoms with Gasteiger partial charge in [0, 0.05) is 22.8 Å². The maximum absolute atomic E-state index is 12.8. The van der Waals surface area contributed by atoms with Crippen molar-refractivity contribution in [3.63, 3.8) is 0 Å². The molecular formula is C15H11FN2. The molecule has 2 nitrogen and oxygen atoms in total. The van der Waals surface area contributed by atoms with Crippen LogP contribution in [0.5, 0.6) is 0 Å².